The summed E-state index contributed by atoms with van der Waals surface area (Å²) < 4.78 is 11.1. The Labute approximate surface area is 183 Å². The number of aromatic nitrogens is 2. The Hall–Kier alpha value is -2.93. The van der Waals surface area contributed by atoms with Crippen molar-refractivity contribution in [2.24, 2.45) is 11.8 Å². The average molecular weight is 423 g/mol. The number of amides is 1. The molecule has 0 aliphatic carbocycles. The van der Waals surface area contributed by atoms with E-state index in [4.69, 9.17) is 9.26 Å². The van der Waals surface area contributed by atoms with Crippen LogP contribution in [-0.2, 0) is 6.61 Å². The summed E-state index contributed by atoms with van der Waals surface area (Å²) in [6.07, 6.45) is 2.89. The number of nitrogens with zero attached hydrogens (tertiary/aromatic N) is 4. The van der Waals surface area contributed by atoms with E-state index < -0.39 is 0 Å². The largest absolute Gasteiger partial charge is 0.486 e. The molecule has 7 nitrogen and oxygen atoms in total. The number of carbonyl (C=O) groups excluding carboxylic acids is 1. The fraction of sp³-hybridized carbons (Fsp3) is 0.458. The zero-order chi connectivity index (χ0) is 21.8. The van der Waals surface area contributed by atoms with Crippen molar-refractivity contribution in [3.05, 3.63) is 54.0 Å². The number of pyridine rings is 1. The normalized spacial score (nSPS) is 16.8. The molecule has 0 radical (unpaired) electrons. The minimum absolute atomic E-state index is 0.117. The van der Waals surface area contributed by atoms with E-state index in [0.717, 1.165) is 43.5 Å². The first kappa shape index (κ1) is 21.3. The standard InChI is InChI=1S/C24H30N4O3/c1-17(2)13-28-10-8-18(15-28)14-27(3)24(29)23-12-21(31-26-23)16-30-20-6-7-22-19(11-20)5-4-9-25-22/h4-7,9,11-12,17-18H,8,10,13-16H2,1-3H3. The zero-order valence-corrected chi connectivity index (χ0v) is 18.5. The summed E-state index contributed by atoms with van der Waals surface area (Å²) in [5.41, 5.74) is 1.24. The van der Waals surface area contributed by atoms with Crippen LogP contribution in [0.5, 0.6) is 5.75 Å². The maximum Gasteiger partial charge on any atom is 0.275 e. The van der Waals surface area contributed by atoms with Gasteiger partial charge in [-0.05, 0) is 49.1 Å². The van der Waals surface area contributed by atoms with E-state index in [9.17, 15) is 4.79 Å². The fourth-order valence-corrected chi connectivity index (χ4v) is 4.19. The van der Waals surface area contributed by atoms with Crippen LogP contribution in [0.15, 0.2) is 47.1 Å². The third-order valence-corrected chi connectivity index (χ3v) is 5.61. The molecule has 3 aromatic rings. The highest BCUT2D eigenvalue weighted by Gasteiger charge is 2.26. The molecule has 1 saturated heterocycles. The molecule has 0 saturated carbocycles. The first-order valence-corrected chi connectivity index (χ1v) is 10.9. The highest BCUT2D eigenvalue weighted by Crippen LogP contribution is 2.21. The molecule has 0 N–H and O–H groups in total. The molecule has 4 rings (SSSR count). The van der Waals surface area contributed by atoms with Gasteiger partial charge in [0.15, 0.2) is 11.5 Å². The van der Waals surface area contributed by atoms with Gasteiger partial charge >= 0.3 is 0 Å². The molecule has 1 aliphatic heterocycles. The minimum Gasteiger partial charge on any atom is -0.486 e. The molecule has 164 valence electrons. The molecular weight excluding hydrogens is 392 g/mol. The minimum atomic E-state index is -0.117. The summed E-state index contributed by atoms with van der Waals surface area (Å²) in [6.45, 7) is 8.71. The number of carbonyl (C=O) groups is 1. The Morgan fingerprint density at radius 1 is 1.32 bits per heavy atom. The van der Waals surface area contributed by atoms with Gasteiger partial charge in [0.2, 0.25) is 0 Å². The van der Waals surface area contributed by atoms with Crippen LogP contribution in [0.4, 0.5) is 0 Å². The first-order valence-electron chi connectivity index (χ1n) is 10.9. The van der Waals surface area contributed by atoms with Crippen molar-refractivity contribution >= 4 is 16.8 Å². The monoisotopic (exact) mass is 422 g/mol. The highest BCUT2D eigenvalue weighted by molar-refractivity contribution is 5.92. The lowest BCUT2D eigenvalue weighted by Crippen LogP contribution is -2.33. The quantitative estimate of drug-likeness (QED) is 0.549. The molecule has 31 heavy (non-hydrogen) atoms. The second-order valence-corrected chi connectivity index (χ2v) is 8.82. The fourth-order valence-electron chi connectivity index (χ4n) is 4.19. The third-order valence-electron chi connectivity index (χ3n) is 5.61. The molecule has 0 spiro atoms. The van der Waals surface area contributed by atoms with Crippen molar-refractivity contribution < 1.29 is 14.1 Å². The summed E-state index contributed by atoms with van der Waals surface area (Å²) in [7, 11) is 1.83. The number of hydrogen-bond donors (Lipinski definition) is 0. The van der Waals surface area contributed by atoms with Crippen LogP contribution in [0, 0.1) is 11.8 Å². The summed E-state index contributed by atoms with van der Waals surface area (Å²) >= 11 is 0. The van der Waals surface area contributed by atoms with Gasteiger partial charge in [-0.2, -0.15) is 0 Å². The Morgan fingerprint density at radius 2 is 2.19 bits per heavy atom. The summed E-state index contributed by atoms with van der Waals surface area (Å²) in [5.74, 6) is 2.29. The van der Waals surface area contributed by atoms with Crippen molar-refractivity contribution in [2.45, 2.75) is 26.9 Å². The van der Waals surface area contributed by atoms with Crippen molar-refractivity contribution in [1.82, 2.24) is 19.9 Å². The highest BCUT2D eigenvalue weighted by atomic mass is 16.5. The lowest BCUT2D eigenvalue weighted by atomic mass is 10.1. The molecular formula is C24H30N4O3. The zero-order valence-electron chi connectivity index (χ0n) is 18.5. The second-order valence-electron chi connectivity index (χ2n) is 8.82. The molecule has 1 aromatic carbocycles. The van der Waals surface area contributed by atoms with Crippen LogP contribution in [0.25, 0.3) is 10.9 Å². The second kappa shape index (κ2) is 9.47. The van der Waals surface area contributed by atoms with Crippen LogP contribution in [-0.4, -0.2) is 59.1 Å². The third kappa shape index (κ3) is 5.41. The number of fused-ring (bicyclic) bond motifs is 1. The van der Waals surface area contributed by atoms with Gasteiger partial charge in [-0.3, -0.25) is 9.78 Å². The SMILES string of the molecule is CC(C)CN1CCC(CN(C)C(=O)c2cc(COc3ccc4ncccc4c3)on2)C1. The summed E-state index contributed by atoms with van der Waals surface area (Å²) in [4.78, 5) is 21.3. The van der Waals surface area contributed by atoms with Gasteiger partial charge in [-0.15, -0.1) is 0 Å². The lowest BCUT2D eigenvalue weighted by molar-refractivity contribution is 0.0762. The van der Waals surface area contributed by atoms with Gasteiger partial charge in [0.1, 0.15) is 12.4 Å². The summed E-state index contributed by atoms with van der Waals surface area (Å²) in [5, 5.41) is 4.97. The van der Waals surface area contributed by atoms with Gasteiger partial charge in [-0.25, -0.2) is 0 Å². The van der Waals surface area contributed by atoms with Crippen LogP contribution in [0.1, 0.15) is 36.5 Å². The van der Waals surface area contributed by atoms with E-state index in [0.29, 0.717) is 29.0 Å². The van der Waals surface area contributed by atoms with Crippen LogP contribution >= 0.6 is 0 Å². The molecule has 1 fully saturated rings. The van der Waals surface area contributed by atoms with E-state index in [1.165, 1.54) is 0 Å². The van der Waals surface area contributed by atoms with Crippen LogP contribution in [0.3, 0.4) is 0 Å². The van der Waals surface area contributed by atoms with Crippen molar-refractivity contribution in [3.63, 3.8) is 0 Å². The van der Waals surface area contributed by atoms with Crippen LogP contribution < -0.4 is 4.74 Å². The maximum atomic E-state index is 12.8. The molecule has 1 aliphatic rings. The van der Waals surface area contributed by atoms with Crippen LogP contribution in [0.2, 0.25) is 0 Å². The van der Waals surface area contributed by atoms with E-state index >= 15 is 0 Å². The smallest absolute Gasteiger partial charge is 0.275 e. The predicted octanol–water partition coefficient (Wildman–Crippen LogP) is 3.85. The predicted molar refractivity (Wildman–Crippen MR) is 119 cm³/mol. The van der Waals surface area contributed by atoms with Gasteiger partial charge in [0, 0.05) is 44.3 Å². The van der Waals surface area contributed by atoms with Gasteiger partial charge in [-0.1, -0.05) is 25.1 Å². The van der Waals surface area contributed by atoms with E-state index in [1.807, 2.05) is 37.4 Å². The number of rotatable bonds is 8. The molecule has 1 unspecified atom stereocenters. The lowest BCUT2D eigenvalue weighted by Gasteiger charge is -2.21. The Bertz CT molecular complexity index is 1030. The van der Waals surface area contributed by atoms with Crippen molar-refractivity contribution in [1.29, 1.82) is 0 Å². The Morgan fingerprint density at radius 3 is 3.03 bits per heavy atom. The van der Waals surface area contributed by atoms with E-state index in [1.54, 1.807) is 17.2 Å². The molecule has 7 heteroatoms. The number of ether oxygens (including phenoxy) is 1. The van der Waals surface area contributed by atoms with Crippen molar-refractivity contribution in [2.75, 3.05) is 33.2 Å². The Balaban J connectivity index is 1.29. The van der Waals surface area contributed by atoms with E-state index in [-0.39, 0.29) is 12.5 Å². The van der Waals surface area contributed by atoms with E-state index in [2.05, 4.69) is 28.9 Å². The molecule has 0 bridgehead atoms. The first-order chi connectivity index (χ1) is 15.0. The number of likely N-dealkylation sites (tertiary alicyclic amines) is 1. The molecule has 2 aromatic heterocycles. The number of hydrogen-bond acceptors (Lipinski definition) is 6. The van der Waals surface area contributed by atoms with Gasteiger partial charge in [0.05, 0.1) is 5.52 Å². The molecule has 1 atom stereocenters. The van der Waals surface area contributed by atoms with Gasteiger partial charge < -0.3 is 19.1 Å². The van der Waals surface area contributed by atoms with Gasteiger partial charge in [0.25, 0.3) is 5.91 Å². The topological polar surface area (TPSA) is 71.7 Å². The molecule has 3 heterocycles. The summed E-state index contributed by atoms with van der Waals surface area (Å²) in [6, 6.07) is 11.3. The number of benzene rings is 1. The maximum absolute atomic E-state index is 12.8. The van der Waals surface area contributed by atoms with Crippen molar-refractivity contribution in [3.8, 4) is 5.75 Å². The molecule has 1 amide bonds. The average Bonchev–Trinajstić information content (AvgIpc) is 3.40. The Kier molecular flexibility index (Phi) is 6.51.